The Morgan fingerprint density at radius 2 is 2.20 bits per heavy atom. The van der Waals surface area contributed by atoms with Crippen LogP contribution in [0, 0.1) is 6.92 Å². The molecule has 20 heavy (non-hydrogen) atoms. The quantitative estimate of drug-likeness (QED) is 0.534. The largest absolute Gasteiger partial charge is 0.348 e. The molecule has 4 N–H and O–H groups in total. The third-order valence-electron chi connectivity index (χ3n) is 3.16. The maximum Gasteiger partial charge on any atom is 0.251 e. The number of carbonyl (C=O) groups excluding carboxylic acids is 1. The summed E-state index contributed by atoms with van der Waals surface area (Å²) in [4.78, 5) is 16.2. The van der Waals surface area contributed by atoms with Gasteiger partial charge in [-0.05, 0) is 31.9 Å². The monoisotopic (exact) mass is 298 g/mol. The van der Waals surface area contributed by atoms with Crippen LogP contribution in [-0.2, 0) is 9.84 Å². The van der Waals surface area contributed by atoms with Gasteiger partial charge in [0.2, 0.25) is 0 Å². The topological polar surface area (TPSA) is 114 Å². The number of nitrogens with two attached hydrogens (primary N) is 1. The van der Waals surface area contributed by atoms with Gasteiger partial charge in [-0.3, -0.25) is 4.79 Å². The van der Waals surface area contributed by atoms with E-state index in [1.54, 1.807) is 13.0 Å². The fourth-order valence-electron chi connectivity index (χ4n) is 2.28. The molecule has 2 heterocycles. The summed E-state index contributed by atoms with van der Waals surface area (Å²) in [6, 6.07) is 2.83. The minimum absolute atomic E-state index is 0.00476. The maximum atomic E-state index is 12.1. The summed E-state index contributed by atoms with van der Waals surface area (Å²) in [5.41, 5.74) is 3.46. The Kier molecular flexibility index (Phi) is 4.24. The average Bonchev–Trinajstić information content (AvgIpc) is 2.36. The van der Waals surface area contributed by atoms with Crippen molar-refractivity contribution in [1.82, 2.24) is 10.3 Å². The van der Waals surface area contributed by atoms with Gasteiger partial charge in [0, 0.05) is 17.3 Å². The number of hydrazine groups is 1. The summed E-state index contributed by atoms with van der Waals surface area (Å²) in [5, 5.41) is 2.75. The molecule has 2 rings (SSSR count). The number of hydrogen-bond acceptors (Lipinski definition) is 6. The molecule has 1 unspecified atom stereocenters. The van der Waals surface area contributed by atoms with E-state index in [2.05, 4.69) is 15.7 Å². The van der Waals surface area contributed by atoms with E-state index in [0.717, 1.165) is 0 Å². The van der Waals surface area contributed by atoms with E-state index in [9.17, 15) is 13.2 Å². The van der Waals surface area contributed by atoms with E-state index in [1.165, 1.54) is 6.07 Å². The summed E-state index contributed by atoms with van der Waals surface area (Å²) >= 11 is 0. The highest BCUT2D eigenvalue weighted by atomic mass is 32.2. The molecule has 110 valence electrons. The molecule has 1 atom stereocenters. The Balaban J connectivity index is 2.10. The number of aryl methyl sites for hydroxylation is 1. The molecule has 1 aliphatic heterocycles. The summed E-state index contributed by atoms with van der Waals surface area (Å²) in [6.07, 6.45) is 1.26. The van der Waals surface area contributed by atoms with Crippen molar-refractivity contribution in [3.63, 3.8) is 0 Å². The second-order valence-electron chi connectivity index (χ2n) is 4.95. The van der Waals surface area contributed by atoms with Crippen molar-refractivity contribution in [3.05, 3.63) is 23.4 Å². The molecule has 1 saturated heterocycles. The van der Waals surface area contributed by atoms with Crippen molar-refractivity contribution in [1.29, 1.82) is 0 Å². The highest BCUT2D eigenvalue weighted by molar-refractivity contribution is 7.91. The van der Waals surface area contributed by atoms with Crippen LogP contribution in [0.4, 0.5) is 5.82 Å². The summed E-state index contributed by atoms with van der Waals surface area (Å²) in [6.45, 7) is 1.75. The van der Waals surface area contributed by atoms with Crippen molar-refractivity contribution < 1.29 is 13.2 Å². The third kappa shape index (κ3) is 3.67. The zero-order valence-electron chi connectivity index (χ0n) is 11.2. The lowest BCUT2D eigenvalue weighted by Gasteiger charge is -2.23. The first-order valence-electron chi connectivity index (χ1n) is 6.36. The molecule has 1 aromatic heterocycles. The number of carbonyl (C=O) groups is 1. The lowest BCUT2D eigenvalue weighted by atomic mass is 10.1. The van der Waals surface area contributed by atoms with E-state index in [-0.39, 0.29) is 23.5 Å². The summed E-state index contributed by atoms with van der Waals surface area (Å²) in [5.74, 6) is 5.58. The van der Waals surface area contributed by atoms with Crippen molar-refractivity contribution in [2.45, 2.75) is 25.8 Å². The number of sulfone groups is 1. The number of nitrogens with zero attached hydrogens (tertiary/aromatic N) is 1. The number of hydrogen-bond donors (Lipinski definition) is 3. The van der Waals surface area contributed by atoms with E-state index in [1.807, 2.05) is 0 Å². The van der Waals surface area contributed by atoms with E-state index < -0.39 is 9.84 Å². The van der Waals surface area contributed by atoms with E-state index >= 15 is 0 Å². The molecule has 0 aliphatic carbocycles. The van der Waals surface area contributed by atoms with Crippen LogP contribution in [0.2, 0.25) is 0 Å². The van der Waals surface area contributed by atoms with Gasteiger partial charge in [-0.2, -0.15) is 0 Å². The van der Waals surface area contributed by atoms with E-state index in [4.69, 9.17) is 5.84 Å². The molecular weight excluding hydrogens is 280 g/mol. The van der Waals surface area contributed by atoms with Gasteiger partial charge < -0.3 is 10.7 Å². The second kappa shape index (κ2) is 5.76. The molecule has 7 nitrogen and oxygen atoms in total. The van der Waals surface area contributed by atoms with Gasteiger partial charge in [-0.1, -0.05) is 0 Å². The lowest BCUT2D eigenvalue weighted by Crippen LogP contribution is -2.43. The molecule has 0 bridgehead atoms. The van der Waals surface area contributed by atoms with Crippen LogP contribution >= 0.6 is 0 Å². The molecule has 1 amide bonds. The van der Waals surface area contributed by atoms with Crippen LogP contribution in [0.5, 0.6) is 0 Å². The predicted octanol–water partition coefficient (Wildman–Crippen LogP) is -0.0174. The van der Waals surface area contributed by atoms with Crippen LogP contribution in [0.25, 0.3) is 0 Å². The van der Waals surface area contributed by atoms with Gasteiger partial charge >= 0.3 is 0 Å². The van der Waals surface area contributed by atoms with Gasteiger partial charge in [0.25, 0.3) is 5.91 Å². The zero-order chi connectivity index (χ0) is 14.8. The molecule has 0 radical (unpaired) electrons. The Bertz CT molecular complexity index is 615. The molecule has 0 saturated carbocycles. The molecule has 1 aromatic rings. The van der Waals surface area contributed by atoms with Gasteiger partial charge in [0.05, 0.1) is 11.5 Å². The number of rotatable bonds is 3. The van der Waals surface area contributed by atoms with Crippen LogP contribution in [0.1, 0.15) is 28.9 Å². The van der Waals surface area contributed by atoms with E-state index in [0.29, 0.717) is 29.9 Å². The highest BCUT2D eigenvalue weighted by Crippen LogP contribution is 2.14. The Morgan fingerprint density at radius 1 is 1.45 bits per heavy atom. The first-order chi connectivity index (χ1) is 9.39. The molecular formula is C12H18N4O3S. The van der Waals surface area contributed by atoms with Crippen molar-refractivity contribution >= 4 is 21.6 Å². The predicted molar refractivity (Wildman–Crippen MR) is 75.9 cm³/mol. The fraction of sp³-hybridized carbons (Fsp3) is 0.500. The first kappa shape index (κ1) is 14.7. The number of nitrogens with one attached hydrogen (secondary N) is 2. The Morgan fingerprint density at radius 3 is 2.85 bits per heavy atom. The molecule has 0 aromatic carbocycles. The van der Waals surface area contributed by atoms with Gasteiger partial charge in [-0.25, -0.2) is 19.2 Å². The van der Waals surface area contributed by atoms with Crippen molar-refractivity contribution in [2.75, 3.05) is 16.9 Å². The molecule has 1 aliphatic rings. The zero-order valence-corrected chi connectivity index (χ0v) is 12.0. The smallest absolute Gasteiger partial charge is 0.251 e. The fourth-order valence-corrected chi connectivity index (χ4v) is 3.92. The number of nitrogen functional groups attached to an aromatic ring is 1. The third-order valence-corrected chi connectivity index (χ3v) is 4.98. The van der Waals surface area contributed by atoms with Crippen LogP contribution in [0.3, 0.4) is 0 Å². The summed E-state index contributed by atoms with van der Waals surface area (Å²) in [7, 11) is -3.04. The van der Waals surface area contributed by atoms with Gasteiger partial charge in [0.15, 0.2) is 9.84 Å². The maximum absolute atomic E-state index is 12.1. The first-order valence-corrected chi connectivity index (χ1v) is 8.18. The Hall–Kier alpha value is -1.67. The standard InChI is InChI=1S/C12H18N4O3S/c1-8-5-9(6-11(14-8)16-13)12(17)15-10-3-2-4-20(18,19)7-10/h5-6,10H,2-4,7,13H2,1H3,(H,14,16)(H,15,17). The van der Waals surface area contributed by atoms with Crippen molar-refractivity contribution in [3.8, 4) is 0 Å². The summed E-state index contributed by atoms with van der Waals surface area (Å²) < 4.78 is 23.1. The molecule has 0 spiro atoms. The normalized spacial score (nSPS) is 21.2. The average molecular weight is 298 g/mol. The van der Waals surface area contributed by atoms with Gasteiger partial charge in [0.1, 0.15) is 5.82 Å². The lowest BCUT2D eigenvalue weighted by molar-refractivity contribution is 0.0938. The van der Waals surface area contributed by atoms with Gasteiger partial charge in [-0.15, -0.1) is 0 Å². The number of anilines is 1. The minimum atomic E-state index is -3.04. The Labute approximate surface area is 117 Å². The number of pyridine rings is 1. The number of aromatic nitrogens is 1. The van der Waals surface area contributed by atoms with Crippen LogP contribution in [-0.4, -0.2) is 36.9 Å². The van der Waals surface area contributed by atoms with Crippen molar-refractivity contribution in [2.24, 2.45) is 5.84 Å². The molecule has 8 heteroatoms. The molecule has 1 fully saturated rings. The van der Waals surface area contributed by atoms with Crippen LogP contribution in [0.15, 0.2) is 12.1 Å². The minimum Gasteiger partial charge on any atom is -0.348 e. The second-order valence-corrected chi connectivity index (χ2v) is 7.18. The highest BCUT2D eigenvalue weighted by Gasteiger charge is 2.26. The number of amides is 1. The van der Waals surface area contributed by atoms with Crippen LogP contribution < -0.4 is 16.6 Å². The SMILES string of the molecule is Cc1cc(C(=O)NC2CCCS(=O)(=O)C2)cc(NN)n1.